The largest absolute Gasteiger partial charge is 0.487 e. The molecule has 0 radical (unpaired) electrons. The molecule has 0 spiro atoms. The fourth-order valence-electron chi connectivity index (χ4n) is 3.44. The van der Waals surface area contributed by atoms with Crippen molar-refractivity contribution in [3.8, 4) is 0 Å². The number of ether oxygens (including phenoxy) is 1. The second-order valence-electron chi connectivity index (χ2n) is 7.17. The molecule has 0 heterocycles. The Kier molecular flexibility index (Phi) is 5.13. The Morgan fingerprint density at radius 2 is 1.95 bits per heavy atom. The van der Waals surface area contributed by atoms with Gasteiger partial charge in [0.15, 0.2) is 0 Å². The fraction of sp³-hybridized carbons (Fsp3) is 0.778. The summed E-state index contributed by atoms with van der Waals surface area (Å²) in [6.45, 7) is 20.8. The summed E-state index contributed by atoms with van der Waals surface area (Å²) in [5.41, 5.74) is 0.466. The number of rotatable bonds is 5. The molecule has 4 atom stereocenters. The van der Waals surface area contributed by atoms with Crippen LogP contribution in [0.1, 0.15) is 60.8 Å². The number of hydrogen-bond donors (Lipinski definition) is 1. The molecule has 0 bridgehead atoms. The van der Waals surface area contributed by atoms with E-state index in [2.05, 4.69) is 47.8 Å². The van der Waals surface area contributed by atoms with Crippen LogP contribution < -0.4 is 0 Å². The number of aliphatic hydroxyl groups is 1. The zero-order valence-corrected chi connectivity index (χ0v) is 14.1. The van der Waals surface area contributed by atoms with Gasteiger partial charge in [-0.3, -0.25) is 0 Å². The summed E-state index contributed by atoms with van der Waals surface area (Å²) in [6.07, 6.45) is 2.45. The summed E-state index contributed by atoms with van der Waals surface area (Å²) in [5.74, 6) is 1.36. The Balaban J connectivity index is 3.18. The Bertz CT molecular complexity index is 383. The van der Waals surface area contributed by atoms with Crippen molar-refractivity contribution in [2.45, 2.75) is 72.5 Å². The zero-order valence-electron chi connectivity index (χ0n) is 14.1. The van der Waals surface area contributed by atoms with Gasteiger partial charge in [-0.1, -0.05) is 47.8 Å². The highest BCUT2D eigenvalue weighted by molar-refractivity contribution is 5.18. The van der Waals surface area contributed by atoms with Crippen LogP contribution in [0.5, 0.6) is 0 Å². The summed E-state index contributed by atoms with van der Waals surface area (Å²) in [5, 5.41) is 10.3. The van der Waals surface area contributed by atoms with Crippen LogP contribution in [-0.2, 0) is 4.74 Å². The van der Waals surface area contributed by atoms with E-state index in [4.69, 9.17) is 4.74 Å². The molecule has 4 unspecified atom stereocenters. The van der Waals surface area contributed by atoms with Gasteiger partial charge in [0.05, 0.1) is 6.10 Å². The monoisotopic (exact) mass is 280 g/mol. The van der Waals surface area contributed by atoms with Gasteiger partial charge in [-0.15, -0.1) is 0 Å². The first-order valence-corrected chi connectivity index (χ1v) is 7.81. The van der Waals surface area contributed by atoms with E-state index in [-0.39, 0.29) is 23.0 Å². The highest BCUT2D eigenvalue weighted by Gasteiger charge is 2.54. The lowest BCUT2D eigenvalue weighted by Gasteiger charge is -2.55. The van der Waals surface area contributed by atoms with Gasteiger partial charge in [0.25, 0.3) is 0 Å². The van der Waals surface area contributed by atoms with Crippen LogP contribution in [0, 0.1) is 17.3 Å². The number of hydrogen-bond acceptors (Lipinski definition) is 2. The molecule has 1 aliphatic rings. The molecule has 0 aromatic rings. The van der Waals surface area contributed by atoms with Gasteiger partial charge in [-0.25, -0.2) is 0 Å². The quantitative estimate of drug-likeness (QED) is 0.584. The van der Waals surface area contributed by atoms with Crippen molar-refractivity contribution < 1.29 is 9.84 Å². The minimum absolute atomic E-state index is 0.156. The van der Waals surface area contributed by atoms with Crippen molar-refractivity contribution >= 4 is 0 Å². The van der Waals surface area contributed by atoms with Gasteiger partial charge in [-0.2, -0.15) is 0 Å². The van der Waals surface area contributed by atoms with E-state index in [1.54, 1.807) is 0 Å². The Morgan fingerprint density at radius 3 is 2.40 bits per heavy atom. The standard InChI is InChI=1S/C18H32O2/c1-9-13(4)18(20-14(5)12(2)3)11-10-16(19)17(7,8)15(18)6/h13,15-16,19H,2,5,9-11H2,1,3-4,6-8H3. The first-order valence-electron chi connectivity index (χ1n) is 7.81. The molecular weight excluding hydrogens is 248 g/mol. The van der Waals surface area contributed by atoms with Crippen LogP contribution in [0.2, 0.25) is 0 Å². The molecule has 1 saturated carbocycles. The van der Waals surface area contributed by atoms with Crippen LogP contribution in [0.3, 0.4) is 0 Å². The van der Waals surface area contributed by atoms with Crippen molar-refractivity contribution in [3.05, 3.63) is 24.5 Å². The van der Waals surface area contributed by atoms with Crippen LogP contribution >= 0.6 is 0 Å². The van der Waals surface area contributed by atoms with Crippen LogP contribution in [0.15, 0.2) is 24.5 Å². The third-order valence-corrected chi connectivity index (χ3v) is 5.75. The van der Waals surface area contributed by atoms with E-state index >= 15 is 0 Å². The SMILES string of the molecule is C=C(C)C(=C)OC1(C(C)CC)CCC(O)C(C)(C)C1C. The minimum atomic E-state index is -0.267. The van der Waals surface area contributed by atoms with E-state index in [0.29, 0.717) is 11.7 Å². The predicted octanol–water partition coefficient (Wildman–Crippen LogP) is 4.69. The summed E-state index contributed by atoms with van der Waals surface area (Å²) in [6, 6.07) is 0. The Morgan fingerprint density at radius 1 is 1.40 bits per heavy atom. The lowest BCUT2D eigenvalue weighted by molar-refractivity contribution is -0.178. The lowest BCUT2D eigenvalue weighted by Crippen LogP contribution is -2.58. The molecule has 1 rings (SSSR count). The van der Waals surface area contributed by atoms with Gasteiger partial charge in [0.2, 0.25) is 0 Å². The van der Waals surface area contributed by atoms with Gasteiger partial charge < -0.3 is 9.84 Å². The maximum absolute atomic E-state index is 10.3. The normalized spacial score (nSPS) is 34.4. The topological polar surface area (TPSA) is 29.5 Å². The van der Waals surface area contributed by atoms with Crippen LogP contribution in [-0.4, -0.2) is 16.8 Å². The van der Waals surface area contributed by atoms with Crippen molar-refractivity contribution in [3.63, 3.8) is 0 Å². The summed E-state index contributed by atoms with van der Waals surface area (Å²) in [7, 11) is 0. The molecular formula is C18H32O2. The van der Waals surface area contributed by atoms with Crippen LogP contribution in [0.4, 0.5) is 0 Å². The third kappa shape index (κ3) is 2.81. The second kappa shape index (κ2) is 5.93. The van der Waals surface area contributed by atoms with Gasteiger partial charge >= 0.3 is 0 Å². The molecule has 2 heteroatoms. The molecule has 1 N–H and O–H groups in total. The molecule has 20 heavy (non-hydrogen) atoms. The highest BCUT2D eigenvalue weighted by Crippen LogP contribution is 2.52. The van der Waals surface area contributed by atoms with Crippen molar-refractivity contribution in [2.75, 3.05) is 0 Å². The summed E-state index contributed by atoms with van der Waals surface area (Å²) in [4.78, 5) is 0. The van der Waals surface area contributed by atoms with Crippen molar-refractivity contribution in [2.24, 2.45) is 17.3 Å². The minimum Gasteiger partial charge on any atom is -0.487 e. The van der Waals surface area contributed by atoms with Gasteiger partial charge in [0, 0.05) is 5.92 Å². The van der Waals surface area contributed by atoms with Gasteiger partial charge in [0.1, 0.15) is 11.4 Å². The molecule has 0 aromatic heterocycles. The van der Waals surface area contributed by atoms with Crippen molar-refractivity contribution in [1.29, 1.82) is 0 Å². The first-order chi connectivity index (χ1) is 9.09. The van der Waals surface area contributed by atoms with E-state index in [0.717, 1.165) is 24.8 Å². The summed E-state index contributed by atoms with van der Waals surface area (Å²) < 4.78 is 6.38. The molecule has 116 valence electrons. The molecule has 0 aliphatic heterocycles. The molecule has 1 fully saturated rings. The van der Waals surface area contributed by atoms with E-state index < -0.39 is 0 Å². The van der Waals surface area contributed by atoms with E-state index in [1.165, 1.54) is 0 Å². The fourth-order valence-corrected chi connectivity index (χ4v) is 3.44. The first kappa shape index (κ1) is 17.3. The van der Waals surface area contributed by atoms with Gasteiger partial charge in [-0.05, 0) is 43.1 Å². The lowest BCUT2D eigenvalue weighted by atomic mass is 9.57. The molecule has 1 aliphatic carbocycles. The number of aliphatic hydroxyl groups excluding tert-OH is 1. The molecule has 0 amide bonds. The summed E-state index contributed by atoms with van der Waals surface area (Å²) >= 11 is 0. The number of allylic oxidation sites excluding steroid dienone is 1. The molecule has 0 aromatic carbocycles. The zero-order chi connectivity index (χ0) is 15.7. The highest BCUT2D eigenvalue weighted by atomic mass is 16.5. The Labute approximate surface area is 124 Å². The Hall–Kier alpha value is -0.760. The van der Waals surface area contributed by atoms with E-state index in [1.807, 2.05) is 6.92 Å². The molecule has 2 nitrogen and oxygen atoms in total. The average Bonchev–Trinajstić information content (AvgIpc) is 2.39. The smallest absolute Gasteiger partial charge is 0.115 e. The van der Waals surface area contributed by atoms with Crippen molar-refractivity contribution in [1.82, 2.24) is 0 Å². The third-order valence-electron chi connectivity index (χ3n) is 5.75. The maximum Gasteiger partial charge on any atom is 0.115 e. The maximum atomic E-state index is 10.3. The predicted molar refractivity (Wildman–Crippen MR) is 85.4 cm³/mol. The molecule has 0 saturated heterocycles. The van der Waals surface area contributed by atoms with E-state index in [9.17, 15) is 5.11 Å². The second-order valence-corrected chi connectivity index (χ2v) is 7.17. The average molecular weight is 280 g/mol. The van der Waals surface area contributed by atoms with Crippen LogP contribution in [0.25, 0.3) is 0 Å².